The molecule has 0 aliphatic carbocycles. The second-order valence-corrected chi connectivity index (χ2v) is 5.07. The van der Waals surface area contributed by atoms with Gasteiger partial charge < -0.3 is 11.1 Å². The van der Waals surface area contributed by atoms with Crippen LogP contribution in [0, 0.1) is 6.92 Å². The molecule has 90 valence electrons. The van der Waals surface area contributed by atoms with E-state index in [9.17, 15) is 4.79 Å². The molecule has 0 aromatic carbocycles. The topological polar surface area (TPSA) is 68.0 Å². The number of nitrogens with zero attached hydrogens (tertiary/aromatic N) is 1. The molecule has 0 unspecified atom stereocenters. The highest BCUT2D eigenvalue weighted by atomic mass is 32.1. The molecule has 5 heteroatoms. The summed E-state index contributed by atoms with van der Waals surface area (Å²) in [6.07, 6.45) is 1.69. The van der Waals surface area contributed by atoms with E-state index in [0.29, 0.717) is 12.2 Å². The summed E-state index contributed by atoms with van der Waals surface area (Å²) < 4.78 is 0. The lowest BCUT2D eigenvalue weighted by Crippen LogP contribution is -2.49. The summed E-state index contributed by atoms with van der Waals surface area (Å²) >= 11 is 1.47. The minimum atomic E-state index is -0.305. The number of rotatable bonds is 5. The Kier molecular flexibility index (Phi) is 4.44. The molecule has 0 saturated heterocycles. The van der Waals surface area contributed by atoms with E-state index < -0.39 is 0 Å². The van der Waals surface area contributed by atoms with Crippen molar-refractivity contribution in [1.29, 1.82) is 0 Å². The standard InChI is InChI=1S/C11H19N3OS/c1-4-11(12,5-2)7-13-10(15)9-6-16-8(3)14-9/h6H,4-5,7,12H2,1-3H3,(H,13,15). The predicted octanol–water partition coefficient (Wildman–Crippen LogP) is 1.70. The molecule has 1 amide bonds. The molecule has 4 nitrogen and oxygen atoms in total. The van der Waals surface area contributed by atoms with Gasteiger partial charge in [0.15, 0.2) is 0 Å². The van der Waals surface area contributed by atoms with Crippen LogP contribution in [-0.2, 0) is 0 Å². The smallest absolute Gasteiger partial charge is 0.270 e. The molecule has 0 fully saturated rings. The minimum Gasteiger partial charge on any atom is -0.349 e. The van der Waals surface area contributed by atoms with Crippen LogP contribution in [0.1, 0.15) is 42.2 Å². The summed E-state index contributed by atoms with van der Waals surface area (Å²) in [5.41, 5.74) is 6.27. The monoisotopic (exact) mass is 241 g/mol. The number of nitrogens with one attached hydrogen (secondary N) is 1. The van der Waals surface area contributed by atoms with E-state index in [0.717, 1.165) is 17.8 Å². The van der Waals surface area contributed by atoms with Crippen LogP contribution in [0.4, 0.5) is 0 Å². The van der Waals surface area contributed by atoms with Crippen LogP contribution in [0.3, 0.4) is 0 Å². The molecule has 0 bridgehead atoms. The van der Waals surface area contributed by atoms with Gasteiger partial charge in [0.05, 0.1) is 5.01 Å². The Labute approximate surface area is 100 Å². The third kappa shape index (κ3) is 3.28. The van der Waals surface area contributed by atoms with Crippen LogP contribution >= 0.6 is 11.3 Å². The molecule has 0 aliphatic heterocycles. The molecule has 1 rings (SSSR count). The number of hydrogen-bond acceptors (Lipinski definition) is 4. The van der Waals surface area contributed by atoms with Gasteiger partial charge in [-0.1, -0.05) is 13.8 Å². The van der Waals surface area contributed by atoms with Crippen LogP contribution in [0.2, 0.25) is 0 Å². The van der Waals surface area contributed by atoms with Gasteiger partial charge in [0.2, 0.25) is 0 Å². The highest BCUT2D eigenvalue weighted by molar-refractivity contribution is 7.09. The highest BCUT2D eigenvalue weighted by Crippen LogP contribution is 2.11. The second-order valence-electron chi connectivity index (χ2n) is 4.00. The van der Waals surface area contributed by atoms with Crippen LogP contribution in [0.25, 0.3) is 0 Å². The minimum absolute atomic E-state index is 0.138. The van der Waals surface area contributed by atoms with Gasteiger partial charge in [-0.25, -0.2) is 4.98 Å². The van der Waals surface area contributed by atoms with Crippen LogP contribution in [0.15, 0.2) is 5.38 Å². The Bertz CT molecular complexity index is 358. The normalized spacial score (nSPS) is 11.5. The maximum absolute atomic E-state index is 11.7. The van der Waals surface area contributed by atoms with Crippen molar-refractivity contribution in [2.75, 3.05) is 6.54 Å². The van der Waals surface area contributed by atoms with Crippen LogP contribution in [0.5, 0.6) is 0 Å². The number of hydrogen-bond donors (Lipinski definition) is 2. The van der Waals surface area contributed by atoms with E-state index >= 15 is 0 Å². The number of aryl methyl sites for hydroxylation is 1. The first-order valence-corrected chi connectivity index (χ1v) is 6.38. The van der Waals surface area contributed by atoms with Crippen molar-refractivity contribution in [3.8, 4) is 0 Å². The van der Waals surface area contributed by atoms with Crippen molar-refractivity contribution in [3.63, 3.8) is 0 Å². The Hall–Kier alpha value is -0.940. The zero-order valence-electron chi connectivity index (χ0n) is 10.0. The molecule has 0 aliphatic rings. The van der Waals surface area contributed by atoms with Crippen molar-refractivity contribution in [2.45, 2.75) is 39.2 Å². The average Bonchev–Trinajstić information content (AvgIpc) is 2.72. The molecule has 3 N–H and O–H groups in total. The quantitative estimate of drug-likeness (QED) is 0.824. The average molecular weight is 241 g/mol. The van der Waals surface area contributed by atoms with Crippen molar-refractivity contribution in [1.82, 2.24) is 10.3 Å². The van der Waals surface area contributed by atoms with Gasteiger partial charge in [0.1, 0.15) is 5.69 Å². The summed E-state index contributed by atoms with van der Waals surface area (Å²) in [6, 6.07) is 0. The summed E-state index contributed by atoms with van der Waals surface area (Å²) in [6.45, 7) is 6.44. The van der Waals surface area contributed by atoms with Crippen molar-refractivity contribution >= 4 is 17.2 Å². The van der Waals surface area contributed by atoms with E-state index in [1.807, 2.05) is 20.8 Å². The molecule has 0 spiro atoms. The van der Waals surface area contributed by atoms with Gasteiger partial charge in [0, 0.05) is 17.5 Å². The first-order valence-electron chi connectivity index (χ1n) is 5.50. The zero-order valence-corrected chi connectivity index (χ0v) is 10.9. The Balaban J connectivity index is 2.53. The van der Waals surface area contributed by atoms with Gasteiger partial charge in [0.25, 0.3) is 5.91 Å². The van der Waals surface area contributed by atoms with Crippen molar-refractivity contribution < 1.29 is 4.79 Å². The lowest BCUT2D eigenvalue weighted by atomic mass is 9.94. The van der Waals surface area contributed by atoms with E-state index in [1.165, 1.54) is 11.3 Å². The maximum atomic E-state index is 11.7. The lowest BCUT2D eigenvalue weighted by Gasteiger charge is -2.26. The van der Waals surface area contributed by atoms with Gasteiger partial charge in [-0.3, -0.25) is 4.79 Å². The fraction of sp³-hybridized carbons (Fsp3) is 0.636. The van der Waals surface area contributed by atoms with E-state index in [2.05, 4.69) is 10.3 Å². The number of thiazole rings is 1. The summed E-state index contributed by atoms with van der Waals surface area (Å²) in [5.74, 6) is -0.138. The molecule has 1 heterocycles. The summed E-state index contributed by atoms with van der Waals surface area (Å²) in [7, 11) is 0. The second kappa shape index (κ2) is 5.41. The Morgan fingerprint density at radius 1 is 1.56 bits per heavy atom. The molecule has 1 aromatic rings. The molecule has 0 radical (unpaired) electrons. The van der Waals surface area contributed by atoms with Crippen LogP contribution < -0.4 is 11.1 Å². The van der Waals surface area contributed by atoms with E-state index in [-0.39, 0.29) is 11.4 Å². The third-order valence-electron chi connectivity index (χ3n) is 2.86. The maximum Gasteiger partial charge on any atom is 0.270 e. The fourth-order valence-corrected chi connectivity index (χ4v) is 1.91. The van der Waals surface area contributed by atoms with Crippen molar-refractivity contribution in [3.05, 3.63) is 16.1 Å². The Morgan fingerprint density at radius 3 is 2.62 bits per heavy atom. The molecule has 1 aromatic heterocycles. The SMILES string of the molecule is CCC(N)(CC)CNC(=O)c1csc(C)n1. The molecular weight excluding hydrogens is 222 g/mol. The number of carbonyl (C=O) groups is 1. The van der Waals surface area contributed by atoms with E-state index in [1.54, 1.807) is 5.38 Å². The first kappa shape index (κ1) is 13.1. The predicted molar refractivity (Wildman–Crippen MR) is 66.7 cm³/mol. The third-order valence-corrected chi connectivity index (χ3v) is 3.63. The lowest BCUT2D eigenvalue weighted by molar-refractivity contribution is 0.0937. The summed E-state index contributed by atoms with van der Waals surface area (Å²) in [5, 5.41) is 5.50. The number of aromatic nitrogens is 1. The van der Waals surface area contributed by atoms with E-state index in [4.69, 9.17) is 5.73 Å². The first-order chi connectivity index (χ1) is 7.50. The fourth-order valence-electron chi connectivity index (χ4n) is 1.31. The zero-order chi connectivity index (χ0) is 12.2. The van der Waals surface area contributed by atoms with Gasteiger partial charge in [-0.2, -0.15) is 0 Å². The Morgan fingerprint density at radius 2 is 2.19 bits per heavy atom. The largest absolute Gasteiger partial charge is 0.349 e. The molecule has 16 heavy (non-hydrogen) atoms. The van der Waals surface area contributed by atoms with Gasteiger partial charge in [-0.15, -0.1) is 11.3 Å². The number of nitrogens with two attached hydrogens (primary N) is 1. The van der Waals surface area contributed by atoms with Crippen LogP contribution in [-0.4, -0.2) is 23.0 Å². The molecule has 0 saturated carbocycles. The van der Waals surface area contributed by atoms with Gasteiger partial charge in [-0.05, 0) is 19.8 Å². The molecular formula is C11H19N3OS. The molecule has 0 atom stereocenters. The number of carbonyl (C=O) groups excluding carboxylic acids is 1. The highest BCUT2D eigenvalue weighted by Gasteiger charge is 2.21. The van der Waals surface area contributed by atoms with Gasteiger partial charge >= 0.3 is 0 Å². The summed E-state index contributed by atoms with van der Waals surface area (Å²) in [4.78, 5) is 15.8. The number of amides is 1. The van der Waals surface area contributed by atoms with Crippen molar-refractivity contribution in [2.24, 2.45) is 5.73 Å².